The van der Waals surface area contributed by atoms with Crippen molar-refractivity contribution in [2.75, 3.05) is 24.6 Å². The van der Waals surface area contributed by atoms with Gasteiger partial charge in [-0.3, -0.25) is 14.4 Å². The highest BCUT2D eigenvalue weighted by atomic mass is 35.5. The molecule has 0 fully saturated rings. The third-order valence-corrected chi connectivity index (χ3v) is 4.06. The number of benzene rings is 2. The van der Waals surface area contributed by atoms with Gasteiger partial charge in [0.15, 0.2) is 12.4 Å². The number of nitrogens with zero attached hydrogens (tertiary/aromatic N) is 1. The molecule has 0 radical (unpaired) electrons. The number of carbonyl (C=O) groups is 3. The molecular formula is C20H21ClN2O4. The molecule has 0 aliphatic heterocycles. The Morgan fingerprint density at radius 3 is 2.19 bits per heavy atom. The fourth-order valence-electron chi connectivity index (χ4n) is 2.38. The summed E-state index contributed by atoms with van der Waals surface area (Å²) in [6, 6.07) is 13.5. The largest absolute Gasteiger partial charge is 0.484 e. The normalized spacial score (nSPS) is 10.2. The van der Waals surface area contributed by atoms with Crippen LogP contribution in [0.15, 0.2) is 48.5 Å². The zero-order chi connectivity index (χ0) is 19.8. The summed E-state index contributed by atoms with van der Waals surface area (Å²) >= 11 is 5.79. The van der Waals surface area contributed by atoms with Gasteiger partial charge in [-0.1, -0.05) is 11.6 Å². The maximum Gasteiger partial charge on any atom is 0.258 e. The number of rotatable bonds is 8. The maximum atomic E-state index is 11.9. The molecule has 2 rings (SSSR count). The van der Waals surface area contributed by atoms with Crippen molar-refractivity contribution in [3.05, 3.63) is 59.1 Å². The second kappa shape index (κ2) is 9.73. The van der Waals surface area contributed by atoms with Crippen LogP contribution in [-0.4, -0.2) is 37.3 Å². The van der Waals surface area contributed by atoms with Crippen molar-refractivity contribution < 1.29 is 19.1 Å². The van der Waals surface area contributed by atoms with E-state index in [4.69, 9.17) is 16.3 Å². The number of Topliss-reactive ketones (excluding diaryl/α,β-unsaturated/α-hetero) is 1. The molecule has 142 valence electrons. The van der Waals surface area contributed by atoms with E-state index in [0.29, 0.717) is 28.6 Å². The molecule has 27 heavy (non-hydrogen) atoms. The van der Waals surface area contributed by atoms with Gasteiger partial charge in [0.25, 0.3) is 5.91 Å². The Balaban J connectivity index is 1.83. The van der Waals surface area contributed by atoms with E-state index in [1.807, 2.05) is 0 Å². The van der Waals surface area contributed by atoms with E-state index >= 15 is 0 Å². The van der Waals surface area contributed by atoms with Crippen LogP contribution in [0.1, 0.15) is 24.2 Å². The van der Waals surface area contributed by atoms with Crippen LogP contribution in [0.4, 0.5) is 5.69 Å². The number of nitrogens with one attached hydrogen (secondary N) is 1. The van der Waals surface area contributed by atoms with E-state index in [1.165, 1.54) is 18.7 Å². The summed E-state index contributed by atoms with van der Waals surface area (Å²) in [4.78, 5) is 36.6. The van der Waals surface area contributed by atoms with E-state index in [0.717, 1.165) is 0 Å². The van der Waals surface area contributed by atoms with Crippen molar-refractivity contribution >= 4 is 34.9 Å². The standard InChI is InChI=1S/C20H21ClN2O4/c1-14(24)16-3-7-18(8-4-16)23(15(2)25)12-11-22-20(26)13-27-19-9-5-17(21)6-10-19/h3-10H,11-13H2,1-2H3,(H,22,26). The highest BCUT2D eigenvalue weighted by Crippen LogP contribution is 2.16. The van der Waals surface area contributed by atoms with Crippen LogP contribution in [0.3, 0.4) is 0 Å². The minimum Gasteiger partial charge on any atom is -0.484 e. The van der Waals surface area contributed by atoms with Crippen LogP contribution >= 0.6 is 11.6 Å². The van der Waals surface area contributed by atoms with Crippen LogP contribution < -0.4 is 15.0 Å². The molecule has 0 saturated heterocycles. The van der Waals surface area contributed by atoms with Crippen LogP contribution in [0.25, 0.3) is 0 Å². The Bertz CT molecular complexity index is 804. The van der Waals surface area contributed by atoms with Gasteiger partial charge in [0.05, 0.1) is 0 Å². The number of ether oxygens (including phenoxy) is 1. The number of amides is 2. The Morgan fingerprint density at radius 1 is 1.00 bits per heavy atom. The lowest BCUT2D eigenvalue weighted by molar-refractivity contribution is -0.123. The highest BCUT2D eigenvalue weighted by Gasteiger charge is 2.12. The van der Waals surface area contributed by atoms with E-state index in [2.05, 4.69) is 5.32 Å². The molecule has 0 aromatic heterocycles. The van der Waals surface area contributed by atoms with Gasteiger partial charge in [-0.2, -0.15) is 0 Å². The lowest BCUT2D eigenvalue weighted by Crippen LogP contribution is -2.39. The summed E-state index contributed by atoms with van der Waals surface area (Å²) in [6.45, 7) is 3.39. The maximum absolute atomic E-state index is 11.9. The summed E-state index contributed by atoms with van der Waals surface area (Å²) in [5.41, 5.74) is 1.24. The summed E-state index contributed by atoms with van der Waals surface area (Å²) in [5.74, 6) is 0.0620. The molecule has 0 atom stereocenters. The molecule has 0 bridgehead atoms. The molecule has 6 nitrogen and oxygen atoms in total. The summed E-state index contributed by atoms with van der Waals surface area (Å²) in [6.07, 6.45) is 0. The average molecular weight is 389 g/mol. The number of halogens is 1. The van der Waals surface area contributed by atoms with Crippen LogP contribution in [0.2, 0.25) is 5.02 Å². The molecule has 0 unspecified atom stereocenters. The zero-order valence-electron chi connectivity index (χ0n) is 15.2. The van der Waals surface area contributed by atoms with Gasteiger partial charge in [-0.15, -0.1) is 0 Å². The molecule has 0 aliphatic rings. The van der Waals surface area contributed by atoms with Crippen molar-refractivity contribution in [1.82, 2.24) is 5.32 Å². The topological polar surface area (TPSA) is 75.7 Å². The van der Waals surface area contributed by atoms with Crippen molar-refractivity contribution in [3.63, 3.8) is 0 Å². The number of hydrogen-bond acceptors (Lipinski definition) is 4. The second-order valence-corrected chi connectivity index (χ2v) is 6.30. The van der Waals surface area contributed by atoms with Gasteiger partial charge >= 0.3 is 0 Å². The molecule has 7 heteroatoms. The van der Waals surface area contributed by atoms with Crippen LogP contribution in [-0.2, 0) is 9.59 Å². The van der Waals surface area contributed by atoms with Gasteiger partial charge in [-0.05, 0) is 55.5 Å². The minimum atomic E-state index is -0.291. The second-order valence-electron chi connectivity index (χ2n) is 5.87. The smallest absolute Gasteiger partial charge is 0.258 e. The van der Waals surface area contributed by atoms with Crippen molar-refractivity contribution in [3.8, 4) is 5.75 Å². The molecule has 2 aromatic rings. The summed E-state index contributed by atoms with van der Waals surface area (Å²) in [5, 5.41) is 3.30. The summed E-state index contributed by atoms with van der Waals surface area (Å²) < 4.78 is 5.36. The van der Waals surface area contributed by atoms with E-state index in [9.17, 15) is 14.4 Å². The first-order chi connectivity index (χ1) is 12.9. The van der Waals surface area contributed by atoms with Gasteiger partial charge in [-0.25, -0.2) is 0 Å². The average Bonchev–Trinajstić information content (AvgIpc) is 2.64. The Labute approximate surface area is 163 Å². The Kier molecular flexibility index (Phi) is 7.37. The molecule has 0 spiro atoms. The monoisotopic (exact) mass is 388 g/mol. The molecule has 1 N–H and O–H groups in total. The zero-order valence-corrected chi connectivity index (χ0v) is 16.0. The van der Waals surface area contributed by atoms with Crippen molar-refractivity contribution in [1.29, 1.82) is 0 Å². The Morgan fingerprint density at radius 2 is 1.63 bits per heavy atom. The van der Waals surface area contributed by atoms with E-state index < -0.39 is 0 Å². The third-order valence-electron chi connectivity index (χ3n) is 3.81. The van der Waals surface area contributed by atoms with Crippen molar-refractivity contribution in [2.45, 2.75) is 13.8 Å². The molecule has 2 aromatic carbocycles. The quantitative estimate of drug-likeness (QED) is 0.705. The van der Waals surface area contributed by atoms with Gasteiger partial charge in [0.1, 0.15) is 5.75 Å². The number of carbonyl (C=O) groups excluding carboxylic acids is 3. The van der Waals surface area contributed by atoms with E-state index in [-0.39, 0.29) is 30.7 Å². The fraction of sp³-hybridized carbons (Fsp3) is 0.250. The number of anilines is 1. The molecule has 2 amide bonds. The first-order valence-electron chi connectivity index (χ1n) is 8.41. The predicted molar refractivity (Wildman–Crippen MR) is 104 cm³/mol. The van der Waals surface area contributed by atoms with Crippen LogP contribution in [0.5, 0.6) is 5.75 Å². The number of ketones is 1. The van der Waals surface area contributed by atoms with Crippen molar-refractivity contribution in [2.24, 2.45) is 0 Å². The molecule has 0 saturated carbocycles. The Hall–Kier alpha value is -2.86. The van der Waals surface area contributed by atoms with Crippen LogP contribution in [0, 0.1) is 0 Å². The van der Waals surface area contributed by atoms with E-state index in [1.54, 1.807) is 48.5 Å². The number of hydrogen-bond donors (Lipinski definition) is 1. The lowest BCUT2D eigenvalue weighted by atomic mass is 10.1. The van der Waals surface area contributed by atoms with Gasteiger partial charge in [0.2, 0.25) is 5.91 Å². The first kappa shape index (κ1) is 20.5. The van der Waals surface area contributed by atoms with Gasteiger partial charge < -0.3 is 15.0 Å². The SMILES string of the molecule is CC(=O)c1ccc(N(CCNC(=O)COc2ccc(Cl)cc2)C(C)=O)cc1. The first-order valence-corrected chi connectivity index (χ1v) is 8.79. The predicted octanol–water partition coefficient (Wildman–Crippen LogP) is 3.09. The molecular weight excluding hydrogens is 368 g/mol. The summed E-state index contributed by atoms with van der Waals surface area (Å²) in [7, 11) is 0. The van der Waals surface area contributed by atoms with Gasteiger partial charge in [0, 0.05) is 36.3 Å². The minimum absolute atomic E-state index is 0.0381. The fourth-order valence-corrected chi connectivity index (χ4v) is 2.51. The molecule has 0 heterocycles. The third kappa shape index (κ3) is 6.42. The highest BCUT2D eigenvalue weighted by molar-refractivity contribution is 6.30. The molecule has 0 aliphatic carbocycles. The lowest BCUT2D eigenvalue weighted by Gasteiger charge is -2.21.